The topological polar surface area (TPSA) is 77.4 Å². The van der Waals surface area contributed by atoms with Crippen molar-refractivity contribution in [1.29, 1.82) is 0 Å². The fourth-order valence-corrected chi connectivity index (χ4v) is 3.11. The van der Waals surface area contributed by atoms with Gasteiger partial charge in [-0.3, -0.25) is 0 Å². The van der Waals surface area contributed by atoms with E-state index in [4.69, 9.17) is 18.9 Å². The summed E-state index contributed by atoms with van der Waals surface area (Å²) in [6, 6.07) is 19.3. The zero-order valence-electron chi connectivity index (χ0n) is 15.3. The van der Waals surface area contributed by atoms with Gasteiger partial charge in [-0.05, 0) is 11.1 Å². The highest BCUT2D eigenvalue weighted by atomic mass is 16.7. The van der Waals surface area contributed by atoms with E-state index in [2.05, 4.69) is 0 Å². The molecule has 1 fully saturated rings. The van der Waals surface area contributed by atoms with Crippen LogP contribution in [0, 0.1) is 0 Å². The Labute approximate surface area is 159 Å². The van der Waals surface area contributed by atoms with Crippen molar-refractivity contribution >= 4 is 0 Å². The molecule has 3 rings (SSSR count). The zero-order valence-corrected chi connectivity index (χ0v) is 15.3. The fraction of sp³-hybridized carbons (Fsp3) is 0.429. The van der Waals surface area contributed by atoms with E-state index in [-0.39, 0.29) is 13.2 Å². The van der Waals surface area contributed by atoms with Crippen molar-refractivity contribution < 1.29 is 29.2 Å². The molecule has 1 saturated heterocycles. The highest BCUT2D eigenvalue weighted by Gasteiger charge is 2.46. The second-order valence-corrected chi connectivity index (χ2v) is 6.53. The van der Waals surface area contributed by atoms with Gasteiger partial charge in [0.1, 0.15) is 24.4 Å². The van der Waals surface area contributed by atoms with Crippen LogP contribution in [0.2, 0.25) is 0 Å². The van der Waals surface area contributed by atoms with Crippen LogP contribution in [0.25, 0.3) is 0 Å². The average molecular weight is 374 g/mol. The quantitative estimate of drug-likeness (QED) is 0.735. The molecule has 0 saturated carbocycles. The molecule has 0 amide bonds. The van der Waals surface area contributed by atoms with Gasteiger partial charge in [0.05, 0.1) is 19.8 Å². The minimum atomic E-state index is -1.22. The van der Waals surface area contributed by atoms with Gasteiger partial charge in [-0.15, -0.1) is 0 Å². The summed E-state index contributed by atoms with van der Waals surface area (Å²) in [4.78, 5) is 0. The Hall–Kier alpha value is -1.80. The maximum absolute atomic E-state index is 10.7. The lowest BCUT2D eigenvalue weighted by atomic mass is 9.98. The molecule has 6 heteroatoms. The Bertz CT molecular complexity index is 665. The molecule has 0 spiro atoms. The summed E-state index contributed by atoms with van der Waals surface area (Å²) in [5.41, 5.74) is 1.93. The summed E-state index contributed by atoms with van der Waals surface area (Å²) in [7, 11) is 1.51. The molecule has 6 nitrogen and oxygen atoms in total. The monoisotopic (exact) mass is 374 g/mol. The lowest BCUT2D eigenvalue weighted by molar-refractivity contribution is -0.308. The van der Waals surface area contributed by atoms with Crippen molar-refractivity contribution in [3.8, 4) is 0 Å². The van der Waals surface area contributed by atoms with Gasteiger partial charge in [-0.25, -0.2) is 0 Å². The molecule has 0 unspecified atom stereocenters. The minimum absolute atomic E-state index is 0.148. The molecule has 1 heterocycles. The van der Waals surface area contributed by atoms with Crippen molar-refractivity contribution in [2.24, 2.45) is 0 Å². The van der Waals surface area contributed by atoms with Crippen LogP contribution < -0.4 is 0 Å². The maximum atomic E-state index is 10.7. The molecule has 2 N–H and O–H groups in total. The third-order valence-electron chi connectivity index (χ3n) is 4.54. The van der Waals surface area contributed by atoms with Crippen molar-refractivity contribution in [3.05, 3.63) is 71.8 Å². The van der Waals surface area contributed by atoms with Crippen LogP contribution >= 0.6 is 0 Å². The number of ether oxygens (including phenoxy) is 4. The third kappa shape index (κ3) is 5.35. The number of hydrogen-bond acceptors (Lipinski definition) is 6. The largest absolute Gasteiger partial charge is 0.387 e. The lowest BCUT2D eigenvalue weighted by Crippen LogP contribution is -2.60. The van der Waals surface area contributed by atoms with Gasteiger partial charge < -0.3 is 29.2 Å². The predicted molar refractivity (Wildman–Crippen MR) is 98.8 cm³/mol. The standard InChI is InChI=1S/C21H26O6/c1-24-14-17-18(22)19(25-12-15-8-4-2-5-9-15)20(21(23)27-17)26-13-16-10-6-3-7-11-16/h2-11,17-23H,12-14H2,1H3/t17-,18-,19+,20-,21+/m1/s1. The highest BCUT2D eigenvalue weighted by molar-refractivity contribution is 5.14. The van der Waals surface area contributed by atoms with E-state index in [1.807, 2.05) is 60.7 Å². The molecule has 1 aliphatic heterocycles. The van der Waals surface area contributed by atoms with E-state index >= 15 is 0 Å². The van der Waals surface area contributed by atoms with Gasteiger partial charge in [0.15, 0.2) is 6.29 Å². The molecule has 27 heavy (non-hydrogen) atoms. The van der Waals surface area contributed by atoms with Crippen LogP contribution in [0.3, 0.4) is 0 Å². The van der Waals surface area contributed by atoms with Gasteiger partial charge >= 0.3 is 0 Å². The average Bonchev–Trinajstić information content (AvgIpc) is 2.70. The van der Waals surface area contributed by atoms with Gasteiger partial charge in [0, 0.05) is 7.11 Å². The summed E-state index contributed by atoms with van der Waals surface area (Å²) < 4.78 is 22.4. The molecule has 5 atom stereocenters. The van der Waals surface area contributed by atoms with Crippen molar-refractivity contribution in [1.82, 2.24) is 0 Å². The highest BCUT2D eigenvalue weighted by Crippen LogP contribution is 2.27. The van der Waals surface area contributed by atoms with Crippen LogP contribution in [0.5, 0.6) is 0 Å². The number of methoxy groups -OCH3 is 1. The molecule has 0 aliphatic carbocycles. The second kappa shape index (κ2) is 9.94. The first-order chi connectivity index (χ1) is 13.2. The smallest absolute Gasteiger partial charge is 0.184 e. The first-order valence-electron chi connectivity index (χ1n) is 9.00. The Kier molecular flexibility index (Phi) is 7.34. The van der Waals surface area contributed by atoms with Crippen LogP contribution in [0.4, 0.5) is 0 Å². The van der Waals surface area contributed by atoms with Crippen LogP contribution in [-0.2, 0) is 32.2 Å². The molecule has 2 aromatic rings. The number of benzene rings is 2. The first-order valence-corrected chi connectivity index (χ1v) is 9.00. The van der Waals surface area contributed by atoms with Crippen molar-refractivity contribution in [2.75, 3.05) is 13.7 Å². The van der Waals surface area contributed by atoms with Crippen molar-refractivity contribution in [3.63, 3.8) is 0 Å². The molecule has 146 valence electrons. The lowest BCUT2D eigenvalue weighted by Gasteiger charge is -2.42. The second-order valence-electron chi connectivity index (χ2n) is 6.53. The number of rotatable bonds is 8. The van der Waals surface area contributed by atoms with Crippen LogP contribution in [-0.4, -0.2) is 54.6 Å². The minimum Gasteiger partial charge on any atom is -0.387 e. The number of hydrogen-bond donors (Lipinski definition) is 2. The molecule has 1 aliphatic rings. The zero-order chi connectivity index (χ0) is 19.1. The van der Waals surface area contributed by atoms with E-state index < -0.39 is 30.7 Å². The van der Waals surface area contributed by atoms with E-state index in [1.165, 1.54) is 7.11 Å². The van der Waals surface area contributed by atoms with Crippen molar-refractivity contribution in [2.45, 2.75) is 43.9 Å². The van der Waals surface area contributed by atoms with Crippen LogP contribution in [0.15, 0.2) is 60.7 Å². The van der Waals surface area contributed by atoms with E-state index in [0.717, 1.165) is 11.1 Å². The summed E-state index contributed by atoms with van der Waals surface area (Å²) in [5.74, 6) is 0. The Morgan fingerprint density at radius 3 is 1.85 bits per heavy atom. The summed E-state index contributed by atoms with van der Waals surface area (Å²) in [6.07, 6.45) is -4.48. The van der Waals surface area contributed by atoms with E-state index in [9.17, 15) is 10.2 Å². The number of aliphatic hydroxyl groups excluding tert-OH is 2. The first kappa shape index (κ1) is 19.9. The predicted octanol–water partition coefficient (Wildman–Crippen LogP) is 1.88. The fourth-order valence-electron chi connectivity index (χ4n) is 3.11. The Morgan fingerprint density at radius 1 is 0.815 bits per heavy atom. The Balaban J connectivity index is 1.70. The van der Waals surface area contributed by atoms with Gasteiger partial charge in [-0.2, -0.15) is 0 Å². The molecular formula is C21H26O6. The molecule has 0 radical (unpaired) electrons. The van der Waals surface area contributed by atoms with E-state index in [0.29, 0.717) is 6.61 Å². The summed E-state index contributed by atoms with van der Waals surface area (Å²) in [6.45, 7) is 0.716. The van der Waals surface area contributed by atoms with Crippen LogP contribution in [0.1, 0.15) is 11.1 Å². The van der Waals surface area contributed by atoms with E-state index in [1.54, 1.807) is 0 Å². The van der Waals surface area contributed by atoms with Gasteiger partial charge in [-0.1, -0.05) is 60.7 Å². The third-order valence-corrected chi connectivity index (χ3v) is 4.54. The normalized spacial score (nSPS) is 28.2. The number of aliphatic hydroxyl groups is 2. The molecule has 2 aromatic carbocycles. The Morgan fingerprint density at radius 2 is 1.33 bits per heavy atom. The summed E-state index contributed by atoms with van der Waals surface area (Å²) in [5, 5.41) is 21.1. The molecule has 0 aromatic heterocycles. The summed E-state index contributed by atoms with van der Waals surface area (Å²) >= 11 is 0. The molecular weight excluding hydrogens is 348 g/mol. The van der Waals surface area contributed by atoms with Gasteiger partial charge in [0.25, 0.3) is 0 Å². The van der Waals surface area contributed by atoms with Gasteiger partial charge in [0.2, 0.25) is 0 Å². The molecule has 0 bridgehead atoms. The maximum Gasteiger partial charge on any atom is 0.184 e. The SMILES string of the molecule is COC[C@H]1O[C@H](O)[C@H](OCc2ccccc2)[C@@H](OCc2ccccc2)[C@@H]1O.